The van der Waals surface area contributed by atoms with Crippen molar-refractivity contribution >= 4 is 11.7 Å². The molecule has 0 aliphatic carbocycles. The van der Waals surface area contributed by atoms with E-state index in [-0.39, 0.29) is 5.97 Å². The second kappa shape index (κ2) is 7.97. The first-order chi connectivity index (χ1) is 9.15. The smallest absolute Gasteiger partial charge is 0.332 e. The molecule has 0 aliphatic heterocycles. The van der Waals surface area contributed by atoms with Crippen LogP contribution < -0.4 is 10.1 Å². The SMILES string of the molecule is C=CCOc1cccc(NC(C)=CC(=O)OCC)c1. The second-order valence-corrected chi connectivity index (χ2v) is 3.83. The van der Waals surface area contributed by atoms with E-state index in [0.717, 1.165) is 11.4 Å². The second-order valence-electron chi connectivity index (χ2n) is 3.83. The molecular weight excluding hydrogens is 242 g/mol. The Bertz CT molecular complexity index is 466. The van der Waals surface area contributed by atoms with Crippen molar-refractivity contribution in [3.63, 3.8) is 0 Å². The van der Waals surface area contributed by atoms with Gasteiger partial charge in [0, 0.05) is 23.5 Å². The maximum Gasteiger partial charge on any atom is 0.332 e. The molecule has 0 bridgehead atoms. The van der Waals surface area contributed by atoms with Crippen molar-refractivity contribution < 1.29 is 14.3 Å². The highest BCUT2D eigenvalue weighted by Crippen LogP contribution is 2.18. The topological polar surface area (TPSA) is 47.6 Å². The van der Waals surface area contributed by atoms with Gasteiger partial charge in [-0.25, -0.2) is 4.79 Å². The van der Waals surface area contributed by atoms with Crippen molar-refractivity contribution in [3.8, 4) is 5.75 Å². The van der Waals surface area contributed by atoms with Crippen LogP contribution >= 0.6 is 0 Å². The predicted octanol–water partition coefficient (Wildman–Crippen LogP) is 3.13. The fraction of sp³-hybridized carbons (Fsp3) is 0.267. The lowest BCUT2D eigenvalue weighted by Gasteiger charge is -2.09. The van der Waals surface area contributed by atoms with Gasteiger partial charge in [-0.3, -0.25) is 0 Å². The van der Waals surface area contributed by atoms with E-state index in [1.165, 1.54) is 6.08 Å². The number of esters is 1. The number of carbonyl (C=O) groups is 1. The van der Waals surface area contributed by atoms with E-state index in [9.17, 15) is 4.79 Å². The van der Waals surface area contributed by atoms with Crippen LogP contribution in [0.15, 0.2) is 48.7 Å². The third-order valence-corrected chi connectivity index (χ3v) is 2.16. The molecular formula is C15H19NO3. The predicted molar refractivity (Wildman–Crippen MR) is 76.1 cm³/mol. The molecule has 0 aromatic heterocycles. The standard InChI is InChI=1S/C15H19NO3/c1-4-9-19-14-8-6-7-13(11-14)16-12(3)10-15(17)18-5-2/h4,6-8,10-11,16H,1,5,9H2,2-3H3. The number of rotatable bonds is 7. The fourth-order valence-electron chi connectivity index (χ4n) is 1.44. The molecule has 1 N–H and O–H groups in total. The minimum Gasteiger partial charge on any atom is -0.489 e. The Labute approximate surface area is 113 Å². The average molecular weight is 261 g/mol. The molecule has 0 radical (unpaired) electrons. The summed E-state index contributed by atoms with van der Waals surface area (Å²) in [6, 6.07) is 7.48. The van der Waals surface area contributed by atoms with Crippen LogP contribution in [0.2, 0.25) is 0 Å². The normalized spacial score (nSPS) is 10.7. The number of hydrogen-bond donors (Lipinski definition) is 1. The third kappa shape index (κ3) is 5.77. The van der Waals surface area contributed by atoms with Gasteiger partial charge in [0.15, 0.2) is 0 Å². The summed E-state index contributed by atoms with van der Waals surface area (Å²) in [6.07, 6.45) is 3.10. The zero-order chi connectivity index (χ0) is 14.1. The molecule has 4 nitrogen and oxygen atoms in total. The molecule has 102 valence electrons. The van der Waals surface area contributed by atoms with Crippen molar-refractivity contribution in [2.24, 2.45) is 0 Å². The quantitative estimate of drug-likeness (QED) is 0.465. The van der Waals surface area contributed by atoms with Crippen molar-refractivity contribution in [2.75, 3.05) is 18.5 Å². The molecule has 0 saturated heterocycles. The summed E-state index contributed by atoms with van der Waals surface area (Å²) in [5.41, 5.74) is 1.55. The molecule has 1 aromatic rings. The van der Waals surface area contributed by atoms with E-state index < -0.39 is 0 Å². The average Bonchev–Trinajstić information content (AvgIpc) is 2.36. The molecule has 4 heteroatoms. The van der Waals surface area contributed by atoms with Crippen LogP contribution in [-0.2, 0) is 9.53 Å². The van der Waals surface area contributed by atoms with Crippen LogP contribution in [0.5, 0.6) is 5.75 Å². The van der Waals surface area contributed by atoms with Crippen LogP contribution in [0.3, 0.4) is 0 Å². The summed E-state index contributed by atoms with van der Waals surface area (Å²) in [5.74, 6) is 0.389. The van der Waals surface area contributed by atoms with Gasteiger partial charge in [-0.2, -0.15) is 0 Å². The highest BCUT2D eigenvalue weighted by atomic mass is 16.5. The van der Waals surface area contributed by atoms with Gasteiger partial charge in [-0.1, -0.05) is 18.7 Å². The van der Waals surface area contributed by atoms with Gasteiger partial charge in [0.05, 0.1) is 6.61 Å². The first-order valence-corrected chi connectivity index (χ1v) is 6.11. The lowest BCUT2D eigenvalue weighted by molar-refractivity contribution is -0.137. The van der Waals surface area contributed by atoms with Crippen LogP contribution in [0.25, 0.3) is 0 Å². The van der Waals surface area contributed by atoms with Crippen molar-refractivity contribution in [2.45, 2.75) is 13.8 Å². The lowest BCUT2D eigenvalue weighted by Crippen LogP contribution is -2.04. The van der Waals surface area contributed by atoms with E-state index in [4.69, 9.17) is 9.47 Å². The lowest BCUT2D eigenvalue weighted by atomic mass is 10.3. The molecule has 0 fully saturated rings. The van der Waals surface area contributed by atoms with Gasteiger partial charge in [-0.15, -0.1) is 0 Å². The highest BCUT2D eigenvalue weighted by Gasteiger charge is 2.00. The first-order valence-electron chi connectivity index (χ1n) is 6.11. The molecule has 0 spiro atoms. The van der Waals surface area contributed by atoms with Gasteiger partial charge in [0.1, 0.15) is 12.4 Å². The Morgan fingerprint density at radius 3 is 2.95 bits per heavy atom. The van der Waals surface area contributed by atoms with Crippen LogP contribution in [-0.4, -0.2) is 19.2 Å². The minimum atomic E-state index is -0.355. The number of nitrogens with one attached hydrogen (secondary N) is 1. The Morgan fingerprint density at radius 1 is 1.47 bits per heavy atom. The Balaban J connectivity index is 2.65. The molecule has 0 unspecified atom stereocenters. The number of allylic oxidation sites excluding steroid dienone is 1. The molecule has 0 atom stereocenters. The summed E-state index contributed by atoms with van der Waals surface area (Å²) < 4.78 is 10.3. The molecule has 0 amide bonds. The molecule has 0 saturated carbocycles. The zero-order valence-electron chi connectivity index (χ0n) is 11.3. The Morgan fingerprint density at radius 2 is 2.26 bits per heavy atom. The van der Waals surface area contributed by atoms with E-state index >= 15 is 0 Å². The first kappa shape index (κ1) is 14.8. The molecule has 0 heterocycles. The van der Waals surface area contributed by atoms with Gasteiger partial charge < -0.3 is 14.8 Å². The number of carbonyl (C=O) groups excluding carboxylic acids is 1. The number of benzene rings is 1. The van der Waals surface area contributed by atoms with Gasteiger partial charge in [0.25, 0.3) is 0 Å². The maximum absolute atomic E-state index is 11.3. The molecule has 19 heavy (non-hydrogen) atoms. The minimum absolute atomic E-state index is 0.355. The van der Waals surface area contributed by atoms with E-state index in [0.29, 0.717) is 18.9 Å². The maximum atomic E-state index is 11.3. The molecule has 0 aliphatic rings. The van der Waals surface area contributed by atoms with Gasteiger partial charge >= 0.3 is 5.97 Å². The summed E-state index contributed by atoms with van der Waals surface area (Å²) in [4.78, 5) is 11.3. The van der Waals surface area contributed by atoms with E-state index in [1.807, 2.05) is 24.3 Å². The summed E-state index contributed by atoms with van der Waals surface area (Å²) in [7, 11) is 0. The monoisotopic (exact) mass is 261 g/mol. The van der Waals surface area contributed by atoms with Crippen LogP contribution in [0.4, 0.5) is 5.69 Å². The summed E-state index contributed by atoms with van der Waals surface area (Å²) in [5, 5.41) is 3.10. The number of hydrogen-bond acceptors (Lipinski definition) is 4. The van der Waals surface area contributed by atoms with E-state index in [1.54, 1.807) is 19.9 Å². The molecule has 1 rings (SSSR count). The van der Waals surface area contributed by atoms with Crippen LogP contribution in [0, 0.1) is 0 Å². The molecule has 1 aromatic carbocycles. The van der Waals surface area contributed by atoms with Crippen molar-refractivity contribution in [3.05, 3.63) is 48.7 Å². The van der Waals surface area contributed by atoms with E-state index in [2.05, 4.69) is 11.9 Å². The third-order valence-electron chi connectivity index (χ3n) is 2.16. The highest BCUT2D eigenvalue weighted by molar-refractivity contribution is 5.83. The summed E-state index contributed by atoms with van der Waals surface area (Å²) >= 11 is 0. The zero-order valence-corrected chi connectivity index (χ0v) is 11.3. The van der Waals surface area contributed by atoms with Gasteiger partial charge in [-0.05, 0) is 26.0 Å². The number of ether oxygens (including phenoxy) is 2. The summed E-state index contributed by atoms with van der Waals surface area (Å²) in [6.45, 7) is 8.00. The van der Waals surface area contributed by atoms with Crippen molar-refractivity contribution in [1.82, 2.24) is 0 Å². The Kier molecular flexibility index (Phi) is 6.22. The number of anilines is 1. The van der Waals surface area contributed by atoms with Gasteiger partial charge in [0.2, 0.25) is 0 Å². The fourth-order valence-corrected chi connectivity index (χ4v) is 1.44. The Hall–Kier alpha value is -2.23. The van der Waals surface area contributed by atoms with Crippen LogP contribution in [0.1, 0.15) is 13.8 Å². The largest absolute Gasteiger partial charge is 0.489 e. The van der Waals surface area contributed by atoms with Crippen molar-refractivity contribution in [1.29, 1.82) is 0 Å².